The van der Waals surface area contributed by atoms with E-state index in [2.05, 4.69) is 10.6 Å². The molecule has 3 amide bonds. The Bertz CT molecular complexity index is 885. The van der Waals surface area contributed by atoms with Crippen molar-refractivity contribution in [3.05, 3.63) is 53.8 Å². The molecule has 0 saturated heterocycles. The first kappa shape index (κ1) is 23.2. The molecule has 6 nitrogen and oxygen atoms in total. The number of halogens is 1. The van der Waals surface area contributed by atoms with Gasteiger partial charge in [0.2, 0.25) is 5.91 Å². The van der Waals surface area contributed by atoms with Crippen LogP contribution in [0.25, 0.3) is 0 Å². The third-order valence-corrected chi connectivity index (χ3v) is 4.97. The Hall–Kier alpha value is -3.09. The summed E-state index contributed by atoms with van der Waals surface area (Å²) in [6, 6.07) is 11.2. The van der Waals surface area contributed by atoms with E-state index in [0.717, 1.165) is 17.7 Å². The van der Waals surface area contributed by atoms with Crippen molar-refractivity contribution in [2.24, 2.45) is 0 Å². The van der Waals surface area contributed by atoms with Crippen molar-refractivity contribution in [2.75, 3.05) is 29.6 Å². The second-order valence-corrected chi connectivity index (χ2v) is 7.47. The number of benzene rings is 2. The molecule has 0 heterocycles. The van der Waals surface area contributed by atoms with Gasteiger partial charge in [-0.15, -0.1) is 0 Å². The number of anilines is 3. The number of carbonyl (C=O) groups excluding carboxylic acids is 2. The van der Waals surface area contributed by atoms with Crippen LogP contribution < -0.4 is 15.5 Å². The average molecular weight is 415 g/mol. The number of nitrogens with one attached hydrogen (secondary N) is 2. The highest BCUT2D eigenvalue weighted by molar-refractivity contribution is 5.91. The standard InChI is InChI=1S/C23H31FN4O2/c1-6-16(3)28(23(30)26-19-10-8-9-18(24)14-19)15-17-13-20(25-22(29)7-2)11-12-21(17)27(4)5/h8-14,16H,6-7,15H2,1-5H3,(H,25,29)(H,26,30)/t16-/m0/s1. The van der Waals surface area contributed by atoms with E-state index in [4.69, 9.17) is 0 Å². The molecular weight excluding hydrogens is 383 g/mol. The topological polar surface area (TPSA) is 64.7 Å². The van der Waals surface area contributed by atoms with Gasteiger partial charge in [0, 0.05) is 50.2 Å². The number of carbonyl (C=O) groups is 2. The number of hydrogen-bond acceptors (Lipinski definition) is 3. The van der Waals surface area contributed by atoms with E-state index in [1.54, 1.807) is 24.0 Å². The van der Waals surface area contributed by atoms with Gasteiger partial charge >= 0.3 is 6.03 Å². The van der Waals surface area contributed by atoms with E-state index >= 15 is 0 Å². The van der Waals surface area contributed by atoms with Gasteiger partial charge in [0.15, 0.2) is 0 Å². The van der Waals surface area contributed by atoms with E-state index in [1.807, 2.05) is 51.0 Å². The quantitative estimate of drug-likeness (QED) is 0.634. The fourth-order valence-corrected chi connectivity index (χ4v) is 3.07. The van der Waals surface area contributed by atoms with E-state index in [9.17, 15) is 14.0 Å². The van der Waals surface area contributed by atoms with Gasteiger partial charge in [-0.2, -0.15) is 0 Å². The molecule has 1 atom stereocenters. The van der Waals surface area contributed by atoms with E-state index in [1.165, 1.54) is 12.1 Å². The number of amides is 3. The highest BCUT2D eigenvalue weighted by atomic mass is 19.1. The molecule has 0 aliphatic rings. The Morgan fingerprint density at radius 1 is 1.03 bits per heavy atom. The van der Waals surface area contributed by atoms with Crippen LogP contribution in [0.15, 0.2) is 42.5 Å². The van der Waals surface area contributed by atoms with Crippen molar-refractivity contribution in [3.8, 4) is 0 Å². The van der Waals surface area contributed by atoms with Crippen molar-refractivity contribution in [1.82, 2.24) is 4.90 Å². The van der Waals surface area contributed by atoms with Crippen LogP contribution in [-0.4, -0.2) is 37.0 Å². The first-order valence-corrected chi connectivity index (χ1v) is 10.2. The second-order valence-electron chi connectivity index (χ2n) is 7.47. The molecule has 0 aliphatic carbocycles. The summed E-state index contributed by atoms with van der Waals surface area (Å²) in [5.74, 6) is -0.474. The predicted octanol–water partition coefficient (Wildman–Crippen LogP) is 5.07. The number of urea groups is 1. The van der Waals surface area contributed by atoms with E-state index in [0.29, 0.717) is 24.3 Å². The lowest BCUT2D eigenvalue weighted by Gasteiger charge is -2.31. The van der Waals surface area contributed by atoms with Crippen molar-refractivity contribution in [2.45, 2.75) is 46.2 Å². The molecule has 0 radical (unpaired) electrons. The Morgan fingerprint density at radius 2 is 1.73 bits per heavy atom. The molecule has 0 unspecified atom stereocenters. The number of hydrogen-bond donors (Lipinski definition) is 2. The minimum absolute atomic E-state index is 0.0394. The van der Waals surface area contributed by atoms with Crippen LogP contribution >= 0.6 is 0 Å². The highest BCUT2D eigenvalue weighted by Crippen LogP contribution is 2.26. The SMILES string of the molecule is CCC(=O)Nc1ccc(N(C)C)c(CN(C(=O)Nc2cccc(F)c2)[C@@H](C)CC)c1. The number of rotatable bonds is 8. The summed E-state index contributed by atoms with van der Waals surface area (Å²) >= 11 is 0. The summed E-state index contributed by atoms with van der Waals surface area (Å²) in [7, 11) is 3.87. The van der Waals surface area contributed by atoms with Crippen LogP contribution in [0.1, 0.15) is 39.2 Å². The smallest absolute Gasteiger partial charge is 0.322 e. The Labute approximate surface area is 178 Å². The Morgan fingerprint density at radius 3 is 2.33 bits per heavy atom. The van der Waals surface area contributed by atoms with E-state index < -0.39 is 5.82 Å². The summed E-state index contributed by atoms with van der Waals surface area (Å²) in [5.41, 5.74) is 2.96. The lowest BCUT2D eigenvalue weighted by Crippen LogP contribution is -2.41. The molecule has 0 aliphatic heterocycles. The zero-order valence-electron chi connectivity index (χ0n) is 18.3. The largest absolute Gasteiger partial charge is 0.377 e. The molecular formula is C23H31FN4O2. The molecule has 162 valence electrons. The molecule has 30 heavy (non-hydrogen) atoms. The van der Waals surface area contributed by atoms with Gasteiger partial charge in [0.05, 0.1) is 0 Å². The van der Waals surface area contributed by atoms with E-state index in [-0.39, 0.29) is 18.0 Å². The molecule has 7 heteroatoms. The molecule has 0 saturated carbocycles. The third kappa shape index (κ3) is 6.20. The normalized spacial score (nSPS) is 11.5. The van der Waals surface area contributed by atoms with Crippen LogP contribution in [0.3, 0.4) is 0 Å². The van der Waals surface area contributed by atoms with Gasteiger partial charge in [0.25, 0.3) is 0 Å². The van der Waals surface area contributed by atoms with Gasteiger partial charge < -0.3 is 20.4 Å². The van der Waals surface area contributed by atoms with Gasteiger partial charge in [-0.1, -0.05) is 19.9 Å². The minimum atomic E-state index is -0.405. The van der Waals surface area contributed by atoms with Crippen molar-refractivity contribution in [1.29, 1.82) is 0 Å². The van der Waals surface area contributed by atoms with Crippen molar-refractivity contribution < 1.29 is 14.0 Å². The second kappa shape index (κ2) is 10.6. The molecule has 0 spiro atoms. The summed E-state index contributed by atoms with van der Waals surface area (Å²) in [4.78, 5) is 28.5. The first-order chi connectivity index (χ1) is 14.2. The summed E-state index contributed by atoms with van der Waals surface area (Å²) in [6.07, 6.45) is 1.15. The van der Waals surface area contributed by atoms with Crippen LogP contribution in [0, 0.1) is 5.82 Å². The lowest BCUT2D eigenvalue weighted by atomic mass is 10.1. The highest BCUT2D eigenvalue weighted by Gasteiger charge is 2.21. The Kier molecular flexibility index (Phi) is 8.21. The maximum atomic E-state index is 13.5. The summed E-state index contributed by atoms with van der Waals surface area (Å²) in [5, 5.41) is 5.66. The van der Waals surface area contributed by atoms with Crippen molar-refractivity contribution >= 4 is 29.0 Å². The molecule has 2 rings (SSSR count). The summed E-state index contributed by atoms with van der Waals surface area (Å²) < 4.78 is 13.5. The van der Waals surface area contributed by atoms with Crippen LogP contribution in [0.4, 0.5) is 26.2 Å². The monoisotopic (exact) mass is 414 g/mol. The Balaban J connectivity index is 2.33. The van der Waals surface area contributed by atoms with Crippen LogP contribution in [0.2, 0.25) is 0 Å². The molecule has 2 aromatic rings. The first-order valence-electron chi connectivity index (χ1n) is 10.2. The molecule has 0 fully saturated rings. The minimum Gasteiger partial charge on any atom is -0.377 e. The fourth-order valence-electron chi connectivity index (χ4n) is 3.07. The fraction of sp³-hybridized carbons (Fsp3) is 0.391. The molecule has 2 N–H and O–H groups in total. The van der Waals surface area contributed by atoms with Gasteiger partial charge in [-0.3, -0.25) is 4.79 Å². The third-order valence-electron chi connectivity index (χ3n) is 4.97. The van der Waals surface area contributed by atoms with Gasteiger partial charge in [0.1, 0.15) is 5.82 Å². The predicted molar refractivity (Wildman–Crippen MR) is 120 cm³/mol. The summed E-state index contributed by atoms with van der Waals surface area (Å²) in [6.45, 7) is 6.13. The molecule has 0 aromatic heterocycles. The maximum Gasteiger partial charge on any atom is 0.322 e. The number of nitrogens with zero attached hydrogens (tertiary/aromatic N) is 2. The lowest BCUT2D eigenvalue weighted by molar-refractivity contribution is -0.115. The van der Waals surface area contributed by atoms with Crippen LogP contribution in [-0.2, 0) is 11.3 Å². The molecule has 2 aromatic carbocycles. The average Bonchev–Trinajstić information content (AvgIpc) is 2.71. The van der Waals surface area contributed by atoms with Crippen molar-refractivity contribution in [3.63, 3.8) is 0 Å². The van der Waals surface area contributed by atoms with Crippen LogP contribution in [0.5, 0.6) is 0 Å². The van der Waals surface area contributed by atoms with Gasteiger partial charge in [-0.25, -0.2) is 9.18 Å². The molecule has 0 bridgehead atoms. The zero-order chi connectivity index (χ0) is 22.3. The van der Waals surface area contributed by atoms with Gasteiger partial charge in [-0.05, 0) is 55.3 Å². The zero-order valence-corrected chi connectivity index (χ0v) is 18.3. The maximum absolute atomic E-state index is 13.5.